The summed E-state index contributed by atoms with van der Waals surface area (Å²) in [5, 5.41) is 2.71. The number of nitrogens with one attached hydrogen (secondary N) is 2. The van der Waals surface area contributed by atoms with Crippen LogP contribution in [0.3, 0.4) is 0 Å². The van der Waals surface area contributed by atoms with E-state index >= 15 is 0 Å². The molecule has 2 aliphatic heterocycles. The summed E-state index contributed by atoms with van der Waals surface area (Å²) in [4.78, 5) is 18.2. The molecule has 1 aromatic rings. The zero-order valence-electron chi connectivity index (χ0n) is 12.2. The van der Waals surface area contributed by atoms with Gasteiger partial charge in [0.1, 0.15) is 10.7 Å². The minimum Gasteiger partial charge on any atom is -0.377 e. The fourth-order valence-electron chi connectivity index (χ4n) is 2.87. The van der Waals surface area contributed by atoms with E-state index in [4.69, 9.17) is 4.74 Å². The number of carbonyl (C=O) groups is 1. The average Bonchev–Trinajstić information content (AvgIpc) is 2.77. The number of sulfonamides is 1. The van der Waals surface area contributed by atoms with Crippen molar-refractivity contribution >= 4 is 21.9 Å². The van der Waals surface area contributed by atoms with Gasteiger partial charge in [-0.25, -0.2) is 22.9 Å². The predicted molar refractivity (Wildman–Crippen MR) is 79.0 cm³/mol. The summed E-state index contributed by atoms with van der Waals surface area (Å²) < 4.78 is 30.9. The van der Waals surface area contributed by atoms with Crippen LogP contribution in [0.2, 0.25) is 0 Å². The molecule has 22 heavy (non-hydrogen) atoms. The molecule has 120 valence electrons. The second-order valence-electron chi connectivity index (χ2n) is 5.35. The maximum absolute atomic E-state index is 12.4. The molecule has 2 saturated heterocycles. The molecule has 1 aromatic heterocycles. The van der Waals surface area contributed by atoms with Crippen molar-refractivity contribution in [2.45, 2.75) is 29.8 Å². The number of urea groups is 1. The van der Waals surface area contributed by atoms with Crippen LogP contribution < -0.4 is 10.0 Å². The third-order valence-corrected chi connectivity index (χ3v) is 5.42. The lowest BCUT2D eigenvalue weighted by Crippen LogP contribution is -2.50. The van der Waals surface area contributed by atoms with Crippen LogP contribution in [0.4, 0.5) is 10.6 Å². The van der Waals surface area contributed by atoms with Crippen molar-refractivity contribution in [3.8, 4) is 0 Å². The first kappa shape index (κ1) is 15.2. The number of hydrogen-bond donors (Lipinski definition) is 2. The SMILES string of the molecule is CNS(=O)(=O)c1ccc(NC(=O)N2C3CCC2COC3)nc1. The second kappa shape index (κ2) is 5.82. The van der Waals surface area contributed by atoms with Crippen LogP contribution in [0.1, 0.15) is 12.8 Å². The first-order valence-corrected chi connectivity index (χ1v) is 8.56. The van der Waals surface area contributed by atoms with Gasteiger partial charge in [0.05, 0.1) is 25.3 Å². The number of pyridine rings is 1. The Morgan fingerprint density at radius 2 is 2.00 bits per heavy atom. The van der Waals surface area contributed by atoms with Crippen molar-refractivity contribution in [1.29, 1.82) is 0 Å². The molecule has 0 radical (unpaired) electrons. The second-order valence-corrected chi connectivity index (χ2v) is 7.23. The number of aromatic nitrogens is 1. The highest BCUT2D eigenvalue weighted by Crippen LogP contribution is 2.29. The quantitative estimate of drug-likeness (QED) is 0.836. The number of hydrogen-bond acceptors (Lipinski definition) is 5. The van der Waals surface area contributed by atoms with Gasteiger partial charge in [-0.3, -0.25) is 5.32 Å². The number of carbonyl (C=O) groups excluding carboxylic acids is 1. The van der Waals surface area contributed by atoms with E-state index in [9.17, 15) is 13.2 Å². The molecule has 2 bridgehead atoms. The first-order valence-electron chi connectivity index (χ1n) is 7.08. The van der Waals surface area contributed by atoms with Crippen LogP contribution in [-0.4, -0.2) is 56.7 Å². The number of fused-ring (bicyclic) bond motifs is 2. The van der Waals surface area contributed by atoms with Crippen LogP contribution in [0.15, 0.2) is 23.2 Å². The Balaban J connectivity index is 1.70. The number of nitrogens with zero attached hydrogens (tertiary/aromatic N) is 2. The lowest BCUT2D eigenvalue weighted by Gasteiger charge is -2.34. The van der Waals surface area contributed by atoms with Crippen molar-refractivity contribution < 1.29 is 17.9 Å². The summed E-state index contributed by atoms with van der Waals surface area (Å²) in [6, 6.07) is 2.89. The fraction of sp³-hybridized carbons (Fsp3) is 0.538. The molecule has 0 saturated carbocycles. The van der Waals surface area contributed by atoms with Gasteiger partial charge in [-0.15, -0.1) is 0 Å². The molecule has 9 heteroatoms. The van der Waals surface area contributed by atoms with E-state index in [2.05, 4.69) is 15.0 Å². The Kier molecular flexibility index (Phi) is 4.02. The van der Waals surface area contributed by atoms with Crippen LogP contribution in [-0.2, 0) is 14.8 Å². The van der Waals surface area contributed by atoms with Crippen LogP contribution in [0.25, 0.3) is 0 Å². The van der Waals surface area contributed by atoms with Crippen molar-refractivity contribution in [1.82, 2.24) is 14.6 Å². The molecule has 0 aliphatic carbocycles. The van der Waals surface area contributed by atoms with E-state index in [1.165, 1.54) is 25.4 Å². The van der Waals surface area contributed by atoms with Gasteiger partial charge >= 0.3 is 6.03 Å². The molecular weight excluding hydrogens is 308 g/mol. The van der Waals surface area contributed by atoms with Gasteiger partial charge in [0.15, 0.2) is 0 Å². The number of morpholine rings is 1. The molecule has 3 heterocycles. The van der Waals surface area contributed by atoms with E-state index in [0.717, 1.165) is 12.8 Å². The Labute approximate surface area is 128 Å². The highest BCUT2D eigenvalue weighted by Gasteiger charge is 2.40. The van der Waals surface area contributed by atoms with Crippen LogP contribution in [0.5, 0.6) is 0 Å². The maximum Gasteiger partial charge on any atom is 0.323 e. The molecular formula is C13H18N4O4S. The van der Waals surface area contributed by atoms with Crippen molar-refractivity contribution in [2.24, 2.45) is 0 Å². The first-order chi connectivity index (χ1) is 10.5. The average molecular weight is 326 g/mol. The topological polar surface area (TPSA) is 101 Å². The van der Waals surface area contributed by atoms with Gasteiger partial charge in [0.25, 0.3) is 0 Å². The smallest absolute Gasteiger partial charge is 0.323 e. The molecule has 8 nitrogen and oxygen atoms in total. The van der Waals surface area contributed by atoms with Crippen molar-refractivity contribution in [3.63, 3.8) is 0 Å². The summed E-state index contributed by atoms with van der Waals surface area (Å²) in [6.45, 7) is 1.13. The zero-order valence-corrected chi connectivity index (χ0v) is 13.0. The highest BCUT2D eigenvalue weighted by molar-refractivity contribution is 7.89. The van der Waals surface area contributed by atoms with Gasteiger partial charge < -0.3 is 9.64 Å². The summed E-state index contributed by atoms with van der Waals surface area (Å²) in [7, 11) is -2.19. The standard InChI is InChI=1S/C13H18N4O4S/c1-14-22(19,20)11-4-5-12(15-6-11)16-13(18)17-9-2-3-10(17)8-21-7-9/h4-6,9-10,14H,2-3,7-8H2,1H3,(H,15,16,18). The highest BCUT2D eigenvalue weighted by atomic mass is 32.2. The molecule has 2 fully saturated rings. The minimum atomic E-state index is -3.52. The number of anilines is 1. The summed E-state index contributed by atoms with van der Waals surface area (Å²) in [6.07, 6.45) is 3.12. The van der Waals surface area contributed by atoms with E-state index < -0.39 is 10.0 Å². The molecule has 2 atom stereocenters. The molecule has 3 rings (SSSR count). The van der Waals surface area contributed by atoms with Crippen LogP contribution in [0, 0.1) is 0 Å². The van der Waals surface area contributed by atoms with Crippen molar-refractivity contribution in [3.05, 3.63) is 18.3 Å². The lowest BCUT2D eigenvalue weighted by atomic mass is 10.2. The maximum atomic E-state index is 12.4. The monoisotopic (exact) mass is 326 g/mol. The third kappa shape index (κ3) is 2.79. The third-order valence-electron chi connectivity index (χ3n) is 4.03. The number of amides is 2. The van der Waals surface area contributed by atoms with Gasteiger partial charge in [0, 0.05) is 6.20 Å². The molecule has 2 aliphatic rings. The van der Waals surface area contributed by atoms with Gasteiger partial charge in [0.2, 0.25) is 10.0 Å². The number of ether oxygens (including phenoxy) is 1. The zero-order chi connectivity index (χ0) is 15.7. The molecule has 0 spiro atoms. The van der Waals surface area contributed by atoms with Crippen molar-refractivity contribution in [2.75, 3.05) is 25.6 Å². The largest absolute Gasteiger partial charge is 0.377 e. The van der Waals surface area contributed by atoms with Gasteiger partial charge in [-0.05, 0) is 32.0 Å². The van der Waals surface area contributed by atoms with E-state index in [-0.39, 0.29) is 23.0 Å². The lowest BCUT2D eigenvalue weighted by molar-refractivity contribution is 0.00947. The van der Waals surface area contributed by atoms with E-state index in [1.807, 2.05) is 4.90 Å². The fourth-order valence-corrected chi connectivity index (χ4v) is 3.54. The Hall–Kier alpha value is -1.71. The summed E-state index contributed by atoms with van der Waals surface area (Å²) in [5.74, 6) is 0.325. The minimum absolute atomic E-state index is 0.0550. The molecule has 2 amide bonds. The van der Waals surface area contributed by atoms with E-state index in [1.54, 1.807) is 0 Å². The normalized spacial score (nSPS) is 24.3. The summed E-state index contributed by atoms with van der Waals surface area (Å²) in [5.41, 5.74) is 0. The summed E-state index contributed by atoms with van der Waals surface area (Å²) >= 11 is 0. The number of rotatable bonds is 3. The van der Waals surface area contributed by atoms with E-state index in [0.29, 0.717) is 19.0 Å². The molecule has 0 aromatic carbocycles. The van der Waals surface area contributed by atoms with Crippen LogP contribution >= 0.6 is 0 Å². The molecule has 2 N–H and O–H groups in total. The Bertz CT molecular complexity index is 645. The Morgan fingerprint density at radius 3 is 2.55 bits per heavy atom. The van der Waals surface area contributed by atoms with Gasteiger partial charge in [-0.2, -0.15) is 0 Å². The molecule has 2 unspecified atom stereocenters. The Morgan fingerprint density at radius 1 is 1.32 bits per heavy atom. The predicted octanol–water partition coefficient (Wildman–Crippen LogP) is 0.385. The van der Waals surface area contributed by atoms with Gasteiger partial charge in [-0.1, -0.05) is 0 Å².